The van der Waals surface area contributed by atoms with Gasteiger partial charge in [0, 0.05) is 12.0 Å². The normalized spacial score (nSPS) is 15.3. The average molecular weight is 354 g/mol. The smallest absolute Gasteiger partial charge is 0.167 e. The van der Waals surface area contributed by atoms with E-state index in [9.17, 15) is 4.79 Å². The molecular formula is C26H26O. The Bertz CT molecular complexity index is 1020. The number of benzene rings is 2. The largest absolute Gasteiger partial charge is 0.294 e. The summed E-state index contributed by atoms with van der Waals surface area (Å²) in [5.41, 5.74) is 12.3. The van der Waals surface area contributed by atoms with E-state index in [0.717, 1.165) is 29.5 Å². The number of fused-ring (bicyclic) bond motifs is 1. The van der Waals surface area contributed by atoms with Crippen LogP contribution in [0.5, 0.6) is 0 Å². The molecular weight excluding hydrogens is 328 g/mol. The number of rotatable bonds is 4. The third kappa shape index (κ3) is 3.23. The number of allylic oxidation sites excluding steroid dienone is 5. The molecule has 1 heteroatoms. The number of aryl methyl sites for hydroxylation is 4. The molecule has 0 aromatic heterocycles. The van der Waals surface area contributed by atoms with Gasteiger partial charge in [-0.25, -0.2) is 0 Å². The molecule has 4 rings (SSSR count). The van der Waals surface area contributed by atoms with Gasteiger partial charge in [0.25, 0.3) is 0 Å². The van der Waals surface area contributed by atoms with Crippen LogP contribution in [0.4, 0.5) is 0 Å². The highest BCUT2D eigenvalue weighted by atomic mass is 16.1. The zero-order chi connectivity index (χ0) is 19.1. The van der Waals surface area contributed by atoms with Crippen LogP contribution in [0.15, 0.2) is 59.2 Å². The van der Waals surface area contributed by atoms with Crippen molar-refractivity contribution >= 4 is 11.9 Å². The Morgan fingerprint density at radius 1 is 0.926 bits per heavy atom. The van der Waals surface area contributed by atoms with E-state index in [4.69, 9.17) is 0 Å². The van der Waals surface area contributed by atoms with Crippen LogP contribution < -0.4 is 0 Å². The minimum absolute atomic E-state index is 0.229. The van der Waals surface area contributed by atoms with Crippen molar-refractivity contribution in [3.8, 4) is 0 Å². The van der Waals surface area contributed by atoms with Crippen molar-refractivity contribution < 1.29 is 4.79 Å². The first-order valence-electron chi connectivity index (χ1n) is 9.74. The first-order valence-corrected chi connectivity index (χ1v) is 9.74. The predicted molar refractivity (Wildman–Crippen MR) is 113 cm³/mol. The number of carbonyl (C=O) groups is 1. The van der Waals surface area contributed by atoms with Crippen molar-refractivity contribution in [2.75, 3.05) is 0 Å². The minimum Gasteiger partial charge on any atom is -0.294 e. The third-order valence-electron chi connectivity index (χ3n) is 5.96. The summed E-state index contributed by atoms with van der Waals surface area (Å²) < 4.78 is 0. The molecule has 0 amide bonds. The molecule has 136 valence electrons. The Kier molecular flexibility index (Phi) is 4.47. The SMILES string of the molecule is Cc1cc2c(cc1C)CC(C1=CCC=C1CC(=O)c1c(C)cccc1C)=C2. The molecule has 2 aromatic rings. The summed E-state index contributed by atoms with van der Waals surface area (Å²) in [6, 6.07) is 10.7. The van der Waals surface area contributed by atoms with Gasteiger partial charge in [-0.05, 0) is 90.6 Å². The van der Waals surface area contributed by atoms with E-state index in [1.54, 1.807) is 0 Å². The van der Waals surface area contributed by atoms with Crippen LogP contribution in [0, 0.1) is 27.7 Å². The van der Waals surface area contributed by atoms with Crippen molar-refractivity contribution in [3.63, 3.8) is 0 Å². The standard InChI is InChI=1S/C26H26O/c1-16-7-5-8-17(2)26(16)25(27)15-20-9-6-10-24(20)23-13-21-11-18(3)19(4)12-22(21)14-23/h5,7-13H,6,14-15H2,1-4H3. The summed E-state index contributed by atoms with van der Waals surface area (Å²) in [5, 5.41) is 0. The molecule has 0 bridgehead atoms. The molecule has 0 N–H and O–H groups in total. The maximum Gasteiger partial charge on any atom is 0.167 e. The molecule has 0 atom stereocenters. The fourth-order valence-electron chi connectivity index (χ4n) is 4.38. The van der Waals surface area contributed by atoms with Crippen molar-refractivity contribution in [3.05, 3.63) is 98.1 Å². The van der Waals surface area contributed by atoms with E-state index in [1.807, 2.05) is 32.0 Å². The second-order valence-electron chi connectivity index (χ2n) is 7.93. The van der Waals surface area contributed by atoms with Gasteiger partial charge < -0.3 is 0 Å². The summed E-state index contributed by atoms with van der Waals surface area (Å²) in [4.78, 5) is 13.0. The Hall–Kier alpha value is -2.67. The number of Topliss-reactive ketones (excluding diaryl/α,β-unsaturated/α-hetero) is 1. The summed E-state index contributed by atoms with van der Waals surface area (Å²) >= 11 is 0. The highest BCUT2D eigenvalue weighted by Crippen LogP contribution is 2.38. The van der Waals surface area contributed by atoms with Crippen LogP contribution >= 0.6 is 0 Å². The summed E-state index contributed by atoms with van der Waals surface area (Å²) in [5.74, 6) is 0.229. The summed E-state index contributed by atoms with van der Waals surface area (Å²) in [7, 11) is 0. The van der Waals surface area contributed by atoms with Gasteiger partial charge >= 0.3 is 0 Å². The molecule has 0 saturated heterocycles. The topological polar surface area (TPSA) is 17.1 Å². The lowest BCUT2D eigenvalue weighted by molar-refractivity contribution is 0.0992. The Morgan fingerprint density at radius 3 is 2.37 bits per heavy atom. The van der Waals surface area contributed by atoms with E-state index < -0.39 is 0 Å². The van der Waals surface area contributed by atoms with Crippen LogP contribution in [0.3, 0.4) is 0 Å². The van der Waals surface area contributed by atoms with Crippen molar-refractivity contribution in [2.45, 2.75) is 47.0 Å². The van der Waals surface area contributed by atoms with Crippen molar-refractivity contribution in [2.24, 2.45) is 0 Å². The molecule has 2 aliphatic rings. The lowest BCUT2D eigenvalue weighted by Gasteiger charge is -2.12. The van der Waals surface area contributed by atoms with Crippen LogP contribution in [-0.2, 0) is 6.42 Å². The number of hydrogen-bond acceptors (Lipinski definition) is 1. The monoisotopic (exact) mass is 354 g/mol. The maximum absolute atomic E-state index is 13.0. The zero-order valence-electron chi connectivity index (χ0n) is 16.6. The summed E-state index contributed by atoms with van der Waals surface area (Å²) in [6.07, 6.45) is 9.21. The Balaban J connectivity index is 1.57. The summed E-state index contributed by atoms with van der Waals surface area (Å²) in [6.45, 7) is 8.41. The van der Waals surface area contributed by atoms with E-state index >= 15 is 0 Å². The van der Waals surface area contributed by atoms with Crippen LogP contribution in [-0.4, -0.2) is 5.78 Å². The molecule has 0 radical (unpaired) electrons. The molecule has 0 spiro atoms. The molecule has 0 aliphatic heterocycles. The number of ketones is 1. The lowest BCUT2D eigenvalue weighted by atomic mass is 9.91. The Labute approximate surface area is 162 Å². The highest BCUT2D eigenvalue weighted by molar-refractivity contribution is 6.01. The lowest BCUT2D eigenvalue weighted by Crippen LogP contribution is -2.07. The number of hydrogen-bond donors (Lipinski definition) is 0. The molecule has 0 heterocycles. The Morgan fingerprint density at radius 2 is 1.63 bits per heavy atom. The third-order valence-corrected chi connectivity index (χ3v) is 5.96. The van der Waals surface area contributed by atoms with Gasteiger partial charge in [0.1, 0.15) is 0 Å². The molecule has 1 nitrogen and oxygen atoms in total. The first-order chi connectivity index (χ1) is 12.9. The quantitative estimate of drug-likeness (QED) is 0.581. The van der Waals surface area contributed by atoms with E-state index in [2.05, 4.69) is 44.2 Å². The van der Waals surface area contributed by atoms with Gasteiger partial charge in [-0.3, -0.25) is 4.79 Å². The highest BCUT2D eigenvalue weighted by Gasteiger charge is 2.23. The average Bonchev–Trinajstić information content (AvgIpc) is 3.21. The maximum atomic E-state index is 13.0. The van der Waals surface area contributed by atoms with Gasteiger partial charge in [-0.2, -0.15) is 0 Å². The van der Waals surface area contributed by atoms with Gasteiger partial charge in [-0.15, -0.1) is 0 Å². The second-order valence-corrected chi connectivity index (χ2v) is 7.93. The van der Waals surface area contributed by atoms with Crippen LogP contribution in [0.2, 0.25) is 0 Å². The van der Waals surface area contributed by atoms with Gasteiger partial charge in [0.05, 0.1) is 0 Å². The molecule has 2 aromatic carbocycles. The van der Waals surface area contributed by atoms with Crippen LogP contribution in [0.1, 0.15) is 56.6 Å². The van der Waals surface area contributed by atoms with Gasteiger partial charge in [0.15, 0.2) is 5.78 Å². The van der Waals surface area contributed by atoms with Crippen molar-refractivity contribution in [1.82, 2.24) is 0 Å². The fraction of sp³-hybridized carbons (Fsp3) is 0.269. The van der Waals surface area contributed by atoms with Gasteiger partial charge in [-0.1, -0.05) is 48.6 Å². The predicted octanol–water partition coefficient (Wildman–Crippen LogP) is 6.39. The van der Waals surface area contributed by atoms with E-state index in [0.29, 0.717) is 6.42 Å². The first kappa shape index (κ1) is 17.7. The van der Waals surface area contributed by atoms with E-state index in [1.165, 1.54) is 39.0 Å². The zero-order valence-corrected chi connectivity index (χ0v) is 16.6. The van der Waals surface area contributed by atoms with Crippen molar-refractivity contribution in [1.29, 1.82) is 0 Å². The minimum atomic E-state index is 0.229. The van der Waals surface area contributed by atoms with Gasteiger partial charge in [0.2, 0.25) is 0 Å². The molecule has 0 fully saturated rings. The fourth-order valence-corrected chi connectivity index (χ4v) is 4.38. The van der Waals surface area contributed by atoms with E-state index in [-0.39, 0.29) is 5.78 Å². The van der Waals surface area contributed by atoms with Crippen LogP contribution in [0.25, 0.3) is 6.08 Å². The molecule has 2 aliphatic carbocycles. The molecule has 0 saturated carbocycles. The second kappa shape index (κ2) is 6.81. The molecule has 27 heavy (non-hydrogen) atoms. The number of carbonyl (C=O) groups excluding carboxylic acids is 1. The molecule has 0 unspecified atom stereocenters.